The largest absolute Gasteiger partial charge is 0.500 e. The Morgan fingerprint density at radius 3 is 2.53 bits per heavy atom. The van der Waals surface area contributed by atoms with E-state index >= 15 is 0 Å². The minimum atomic E-state index is -0.646. The van der Waals surface area contributed by atoms with Crippen molar-refractivity contribution in [3.05, 3.63) is 80.2 Å². The molecule has 0 radical (unpaired) electrons. The number of hydrogen-bond acceptors (Lipinski definition) is 7. The molecule has 36 heavy (non-hydrogen) atoms. The number of nitro groups is 1. The van der Waals surface area contributed by atoms with Gasteiger partial charge in [0.05, 0.1) is 23.4 Å². The number of carbonyl (C=O) groups excluding carboxylic acids is 1. The molecule has 9 heteroatoms. The lowest BCUT2D eigenvalue weighted by atomic mass is 9.69. The molecule has 186 valence electrons. The number of methoxy groups -OCH3 is 1. The van der Waals surface area contributed by atoms with Crippen LogP contribution in [-0.4, -0.2) is 32.7 Å². The Balaban J connectivity index is 1.80. The lowest BCUT2D eigenvalue weighted by Gasteiger charge is -2.38. The van der Waals surface area contributed by atoms with Gasteiger partial charge in [0.15, 0.2) is 11.5 Å². The van der Waals surface area contributed by atoms with Crippen molar-refractivity contribution in [1.82, 2.24) is 9.78 Å². The van der Waals surface area contributed by atoms with E-state index in [4.69, 9.17) is 9.84 Å². The number of phenolic OH excluding ortho intramolecular Hbond substituents is 1. The number of allylic oxidation sites excluding steroid dienone is 2. The van der Waals surface area contributed by atoms with Crippen molar-refractivity contribution in [3.63, 3.8) is 0 Å². The number of ketones is 1. The number of rotatable bonds is 4. The van der Waals surface area contributed by atoms with Gasteiger partial charge in [-0.3, -0.25) is 14.9 Å². The van der Waals surface area contributed by atoms with E-state index in [0.717, 1.165) is 28.3 Å². The number of anilines is 1. The normalized spacial score (nSPS) is 18.4. The summed E-state index contributed by atoms with van der Waals surface area (Å²) in [4.78, 5) is 24.7. The van der Waals surface area contributed by atoms with Gasteiger partial charge >= 0.3 is 5.69 Å². The number of fused-ring (bicyclic) bond motifs is 1. The summed E-state index contributed by atoms with van der Waals surface area (Å²) in [6.45, 7) is 7.99. The van der Waals surface area contributed by atoms with Crippen LogP contribution in [0.5, 0.6) is 11.5 Å². The fourth-order valence-corrected chi connectivity index (χ4v) is 5.36. The summed E-state index contributed by atoms with van der Waals surface area (Å²) in [7, 11) is 1.34. The molecule has 1 unspecified atom stereocenters. The van der Waals surface area contributed by atoms with Crippen molar-refractivity contribution < 1.29 is 19.6 Å². The maximum Gasteiger partial charge on any atom is 0.314 e. The number of benzene rings is 2. The molecule has 0 spiro atoms. The van der Waals surface area contributed by atoms with E-state index in [1.165, 1.54) is 13.2 Å². The molecular weight excluding hydrogens is 460 g/mol. The zero-order valence-electron chi connectivity index (χ0n) is 20.9. The molecule has 1 atom stereocenters. The van der Waals surface area contributed by atoms with Crippen LogP contribution in [0.3, 0.4) is 0 Å². The summed E-state index contributed by atoms with van der Waals surface area (Å²) in [6.07, 6.45) is 1.00. The van der Waals surface area contributed by atoms with Crippen LogP contribution in [0.2, 0.25) is 0 Å². The molecule has 0 saturated heterocycles. The molecule has 0 fully saturated rings. The summed E-state index contributed by atoms with van der Waals surface area (Å²) in [5.41, 5.74) is 4.59. The maximum absolute atomic E-state index is 13.6. The van der Waals surface area contributed by atoms with Gasteiger partial charge in [-0.05, 0) is 49.4 Å². The number of aromatic nitrogens is 2. The van der Waals surface area contributed by atoms with E-state index in [0.29, 0.717) is 29.7 Å². The first-order valence-corrected chi connectivity index (χ1v) is 11.8. The predicted octanol–water partition coefficient (Wildman–Crippen LogP) is 5.31. The van der Waals surface area contributed by atoms with Crippen LogP contribution >= 0.6 is 0 Å². The van der Waals surface area contributed by atoms with Gasteiger partial charge in [-0.1, -0.05) is 31.5 Å². The summed E-state index contributed by atoms with van der Waals surface area (Å²) in [5, 5.41) is 30.5. The monoisotopic (exact) mass is 488 g/mol. The van der Waals surface area contributed by atoms with Gasteiger partial charge in [0, 0.05) is 35.2 Å². The molecule has 2 aliphatic rings. The van der Waals surface area contributed by atoms with E-state index in [1.54, 1.807) is 6.07 Å². The van der Waals surface area contributed by atoms with Gasteiger partial charge in [0.25, 0.3) is 0 Å². The number of phenols is 1. The van der Waals surface area contributed by atoms with Crippen LogP contribution < -0.4 is 10.1 Å². The zero-order valence-corrected chi connectivity index (χ0v) is 20.9. The van der Waals surface area contributed by atoms with E-state index in [2.05, 4.69) is 19.2 Å². The smallest absolute Gasteiger partial charge is 0.314 e. The Kier molecular flexibility index (Phi) is 5.39. The Bertz CT molecular complexity index is 1450. The summed E-state index contributed by atoms with van der Waals surface area (Å²) in [5.74, 6) is -0.458. The van der Waals surface area contributed by atoms with Crippen molar-refractivity contribution in [2.24, 2.45) is 5.41 Å². The molecule has 2 N–H and O–H groups in total. The highest BCUT2D eigenvalue weighted by Gasteiger charge is 2.43. The van der Waals surface area contributed by atoms with Crippen LogP contribution in [0.15, 0.2) is 47.7 Å². The lowest BCUT2D eigenvalue weighted by molar-refractivity contribution is -0.386. The van der Waals surface area contributed by atoms with Crippen LogP contribution in [0.1, 0.15) is 55.0 Å². The van der Waals surface area contributed by atoms with Crippen molar-refractivity contribution >= 4 is 17.3 Å². The molecular formula is C27H28N4O5. The first kappa shape index (κ1) is 23.6. The first-order chi connectivity index (χ1) is 17.0. The van der Waals surface area contributed by atoms with Crippen LogP contribution in [0.4, 0.5) is 11.5 Å². The van der Waals surface area contributed by atoms with Gasteiger partial charge in [-0.25, -0.2) is 4.68 Å². The Hall–Kier alpha value is -4.14. The topological polar surface area (TPSA) is 120 Å². The minimum absolute atomic E-state index is 0.0124. The van der Waals surface area contributed by atoms with E-state index in [9.17, 15) is 20.0 Å². The third-order valence-electron chi connectivity index (χ3n) is 6.98. The second kappa shape index (κ2) is 8.22. The molecule has 1 aromatic heterocycles. The highest BCUT2D eigenvalue weighted by atomic mass is 16.6. The second-order valence-electron chi connectivity index (χ2n) is 10.3. The van der Waals surface area contributed by atoms with Crippen molar-refractivity contribution in [1.29, 1.82) is 0 Å². The molecule has 1 aliphatic heterocycles. The number of nitrogens with one attached hydrogen (secondary N) is 1. The van der Waals surface area contributed by atoms with Crippen LogP contribution in [0, 0.1) is 29.4 Å². The molecule has 9 nitrogen and oxygen atoms in total. The number of hydrogen-bond donors (Lipinski definition) is 2. The Morgan fingerprint density at radius 2 is 1.89 bits per heavy atom. The van der Waals surface area contributed by atoms with E-state index < -0.39 is 22.3 Å². The van der Waals surface area contributed by atoms with Crippen LogP contribution in [-0.2, 0) is 4.79 Å². The summed E-state index contributed by atoms with van der Waals surface area (Å²) < 4.78 is 7.09. The van der Waals surface area contributed by atoms with Crippen molar-refractivity contribution in [2.75, 3.05) is 12.4 Å². The van der Waals surface area contributed by atoms with E-state index in [-0.39, 0.29) is 16.9 Å². The zero-order chi connectivity index (χ0) is 25.9. The fourth-order valence-electron chi connectivity index (χ4n) is 5.36. The van der Waals surface area contributed by atoms with E-state index in [1.807, 2.05) is 42.8 Å². The van der Waals surface area contributed by atoms with Gasteiger partial charge in [0.1, 0.15) is 5.82 Å². The molecule has 0 bridgehead atoms. The van der Waals surface area contributed by atoms with Gasteiger partial charge in [0.2, 0.25) is 5.75 Å². The third-order valence-corrected chi connectivity index (χ3v) is 6.98. The number of Topliss-reactive ketones (excluding diaryl/α,β-unsaturated/α-hetero) is 1. The number of nitro benzene ring substituents is 1. The standard InChI is InChI=1S/C27H28N4O5/c1-14-6-8-17(9-7-14)30-26-22(15(2)29-30)23(24-18(28-26)12-27(3,4)13-20(24)32)16-10-19(31(34)35)25(33)21(11-16)36-5/h6-11,23,28,33H,12-13H2,1-5H3. The molecule has 1 aliphatic carbocycles. The quantitative estimate of drug-likeness (QED) is 0.377. The highest BCUT2D eigenvalue weighted by Crippen LogP contribution is 2.52. The average Bonchev–Trinajstić information content (AvgIpc) is 3.13. The molecule has 0 saturated carbocycles. The second-order valence-corrected chi connectivity index (χ2v) is 10.3. The molecule has 3 aromatic rings. The van der Waals surface area contributed by atoms with Crippen molar-refractivity contribution in [3.8, 4) is 17.2 Å². The number of carbonyl (C=O) groups is 1. The lowest BCUT2D eigenvalue weighted by Crippen LogP contribution is -2.34. The van der Waals surface area contributed by atoms with Crippen molar-refractivity contribution in [2.45, 2.75) is 46.5 Å². The molecule has 0 amide bonds. The fraction of sp³-hybridized carbons (Fsp3) is 0.333. The molecule has 5 rings (SSSR count). The number of aromatic hydroxyl groups is 1. The first-order valence-electron chi connectivity index (χ1n) is 11.8. The van der Waals surface area contributed by atoms with Crippen LogP contribution in [0.25, 0.3) is 5.69 Å². The van der Waals surface area contributed by atoms with Gasteiger partial charge in [-0.2, -0.15) is 5.10 Å². The maximum atomic E-state index is 13.6. The minimum Gasteiger partial charge on any atom is -0.500 e. The van der Waals surface area contributed by atoms with Gasteiger partial charge in [-0.15, -0.1) is 0 Å². The Morgan fingerprint density at radius 1 is 1.19 bits per heavy atom. The third kappa shape index (κ3) is 3.71. The summed E-state index contributed by atoms with van der Waals surface area (Å²) in [6, 6.07) is 10.9. The number of aryl methyl sites for hydroxylation is 2. The predicted molar refractivity (Wildman–Crippen MR) is 135 cm³/mol. The highest BCUT2D eigenvalue weighted by molar-refractivity contribution is 6.01. The SMILES string of the molecule is COc1cc(C2C3=C(CC(C)(C)CC3=O)Nc3c2c(C)nn3-c2ccc(C)cc2)cc([N+](=O)[O-])c1O. The average molecular weight is 489 g/mol. The number of ether oxygens (including phenoxy) is 1. The Labute approximate surface area is 208 Å². The summed E-state index contributed by atoms with van der Waals surface area (Å²) >= 11 is 0. The molecule has 2 heterocycles. The number of nitrogens with zero attached hydrogens (tertiary/aromatic N) is 3. The van der Waals surface area contributed by atoms with Gasteiger partial charge < -0.3 is 15.2 Å². The molecule has 2 aromatic carbocycles.